The van der Waals surface area contributed by atoms with Crippen molar-refractivity contribution >= 4 is 39.1 Å². The maximum atomic E-state index is 6.06. The summed E-state index contributed by atoms with van der Waals surface area (Å²) in [4.78, 5) is 0. The van der Waals surface area contributed by atoms with Gasteiger partial charge in [-0.3, -0.25) is 0 Å². The lowest BCUT2D eigenvalue weighted by atomic mass is 10.2. The van der Waals surface area contributed by atoms with Crippen LogP contribution in [0.15, 0.2) is 22.7 Å². The summed E-state index contributed by atoms with van der Waals surface area (Å²) in [6.07, 6.45) is 0.997. The summed E-state index contributed by atoms with van der Waals surface area (Å²) in [7, 11) is 0. The van der Waals surface area contributed by atoms with Crippen LogP contribution < -0.4 is 0 Å². The van der Waals surface area contributed by atoms with E-state index in [1.165, 1.54) is 0 Å². The molecule has 0 bridgehead atoms. The minimum absolute atomic E-state index is 0.356. The highest BCUT2D eigenvalue weighted by Gasteiger charge is 2.13. The Hall–Kier alpha value is -0.580. The van der Waals surface area contributed by atoms with Crippen molar-refractivity contribution in [2.24, 2.45) is 0 Å². The molecule has 96 valence electrons. The molecule has 6 heteroatoms. The molecular weight excluding hydrogens is 337 g/mol. The Balaban J connectivity index is 2.52. The fourth-order valence-corrected chi connectivity index (χ4v) is 2.85. The maximum Gasteiger partial charge on any atom is 0.164 e. The van der Waals surface area contributed by atoms with Crippen LogP contribution >= 0.6 is 39.1 Å². The van der Waals surface area contributed by atoms with Gasteiger partial charge in [-0.15, -0.1) is 21.8 Å². The first-order valence-corrected chi connectivity index (χ1v) is 7.30. The first-order chi connectivity index (χ1) is 8.65. The molecule has 1 aromatic heterocycles. The molecule has 0 aliphatic rings. The molecule has 0 unspecified atom stereocenters. The smallest absolute Gasteiger partial charge is 0.164 e. The van der Waals surface area contributed by atoms with Crippen LogP contribution in [0, 0.1) is 0 Å². The SMILES string of the molecule is CCCn1c(CCl)nnc1-c1cc(Cl)cc(Br)c1. The van der Waals surface area contributed by atoms with Crippen molar-refractivity contribution in [1.82, 2.24) is 14.8 Å². The Bertz CT molecular complexity index is 534. The van der Waals surface area contributed by atoms with Gasteiger partial charge in [-0.2, -0.15) is 0 Å². The third-order valence-corrected chi connectivity index (χ3v) is 3.43. The number of rotatable bonds is 4. The van der Waals surface area contributed by atoms with Crippen molar-refractivity contribution in [2.75, 3.05) is 0 Å². The van der Waals surface area contributed by atoms with E-state index in [2.05, 4.69) is 33.1 Å². The Morgan fingerprint density at radius 1 is 1.28 bits per heavy atom. The van der Waals surface area contributed by atoms with E-state index in [9.17, 15) is 0 Å². The highest BCUT2D eigenvalue weighted by Crippen LogP contribution is 2.27. The first-order valence-electron chi connectivity index (χ1n) is 5.60. The van der Waals surface area contributed by atoms with Gasteiger partial charge in [-0.05, 0) is 24.6 Å². The third-order valence-electron chi connectivity index (χ3n) is 2.51. The van der Waals surface area contributed by atoms with Crippen LogP contribution in [-0.4, -0.2) is 14.8 Å². The molecule has 0 saturated carbocycles. The Morgan fingerprint density at radius 3 is 2.67 bits per heavy atom. The number of hydrogen-bond acceptors (Lipinski definition) is 2. The summed E-state index contributed by atoms with van der Waals surface area (Å²) in [6, 6.07) is 5.69. The van der Waals surface area contributed by atoms with Crippen LogP contribution in [0.3, 0.4) is 0 Å². The highest BCUT2D eigenvalue weighted by molar-refractivity contribution is 9.10. The van der Waals surface area contributed by atoms with Crippen molar-refractivity contribution in [3.05, 3.63) is 33.5 Å². The second-order valence-corrected chi connectivity index (χ2v) is 5.50. The lowest BCUT2D eigenvalue weighted by Crippen LogP contribution is -2.03. The van der Waals surface area contributed by atoms with Gasteiger partial charge in [0.2, 0.25) is 0 Å². The molecule has 0 spiro atoms. The van der Waals surface area contributed by atoms with Gasteiger partial charge in [0, 0.05) is 21.6 Å². The van der Waals surface area contributed by atoms with Crippen molar-refractivity contribution in [2.45, 2.75) is 25.8 Å². The van der Waals surface area contributed by atoms with Gasteiger partial charge in [-0.1, -0.05) is 34.5 Å². The second kappa shape index (κ2) is 6.04. The maximum absolute atomic E-state index is 6.06. The molecule has 0 N–H and O–H groups in total. The molecule has 3 nitrogen and oxygen atoms in total. The van der Waals surface area contributed by atoms with Gasteiger partial charge in [0.25, 0.3) is 0 Å². The van der Waals surface area contributed by atoms with Gasteiger partial charge in [0.1, 0.15) is 5.82 Å². The number of halogens is 3. The van der Waals surface area contributed by atoms with Gasteiger partial charge in [-0.25, -0.2) is 0 Å². The largest absolute Gasteiger partial charge is 0.310 e. The molecule has 0 aliphatic heterocycles. The minimum atomic E-state index is 0.356. The predicted octanol–water partition coefficient (Wildman–Crippen LogP) is 4.51. The van der Waals surface area contributed by atoms with E-state index in [0.29, 0.717) is 10.9 Å². The van der Waals surface area contributed by atoms with E-state index in [1.54, 1.807) is 0 Å². The molecule has 0 atom stereocenters. The van der Waals surface area contributed by atoms with Crippen molar-refractivity contribution in [3.63, 3.8) is 0 Å². The van der Waals surface area contributed by atoms with Gasteiger partial charge >= 0.3 is 0 Å². The summed E-state index contributed by atoms with van der Waals surface area (Å²) in [5, 5.41) is 8.98. The summed E-state index contributed by atoms with van der Waals surface area (Å²) >= 11 is 15.4. The zero-order valence-electron chi connectivity index (χ0n) is 9.83. The van der Waals surface area contributed by atoms with E-state index >= 15 is 0 Å². The van der Waals surface area contributed by atoms with Crippen LogP contribution in [0.25, 0.3) is 11.4 Å². The van der Waals surface area contributed by atoms with Crippen LogP contribution in [0.5, 0.6) is 0 Å². The van der Waals surface area contributed by atoms with E-state index in [1.807, 2.05) is 22.8 Å². The highest BCUT2D eigenvalue weighted by atomic mass is 79.9. The lowest BCUT2D eigenvalue weighted by molar-refractivity contribution is 0.659. The summed E-state index contributed by atoms with van der Waals surface area (Å²) in [5.41, 5.74) is 0.937. The molecule has 0 aliphatic carbocycles. The van der Waals surface area contributed by atoms with E-state index in [-0.39, 0.29) is 0 Å². The summed E-state index contributed by atoms with van der Waals surface area (Å²) in [6.45, 7) is 2.95. The quantitative estimate of drug-likeness (QED) is 0.761. The van der Waals surface area contributed by atoms with Crippen LogP contribution in [0.1, 0.15) is 19.2 Å². The van der Waals surface area contributed by atoms with Crippen LogP contribution in [0.2, 0.25) is 5.02 Å². The van der Waals surface area contributed by atoms with Crippen molar-refractivity contribution < 1.29 is 0 Å². The molecule has 0 saturated heterocycles. The molecule has 2 aromatic rings. The summed E-state index contributed by atoms with van der Waals surface area (Å²) in [5.74, 6) is 1.94. The van der Waals surface area contributed by atoms with Gasteiger partial charge in [0.15, 0.2) is 5.82 Å². The van der Waals surface area contributed by atoms with Gasteiger partial charge < -0.3 is 4.57 Å². The van der Waals surface area contributed by atoms with Crippen LogP contribution in [-0.2, 0) is 12.4 Å². The Labute approximate surface area is 124 Å². The molecule has 0 amide bonds. The molecule has 0 radical (unpaired) electrons. The number of benzene rings is 1. The van der Waals surface area contributed by atoms with Crippen molar-refractivity contribution in [3.8, 4) is 11.4 Å². The van der Waals surface area contributed by atoms with Gasteiger partial charge in [0.05, 0.1) is 5.88 Å². The Kier molecular flexibility index (Phi) is 4.65. The normalized spacial score (nSPS) is 10.9. The molecular formula is C12H12BrCl2N3. The standard InChI is InChI=1S/C12H12BrCl2N3/c1-2-3-18-11(7-14)16-17-12(18)8-4-9(13)6-10(15)5-8/h4-6H,2-3,7H2,1H3. The zero-order valence-corrected chi connectivity index (χ0v) is 12.9. The average molecular weight is 349 g/mol. The van der Waals surface area contributed by atoms with E-state index < -0.39 is 0 Å². The Morgan fingerprint density at radius 2 is 2.06 bits per heavy atom. The number of nitrogens with zero attached hydrogens (tertiary/aromatic N) is 3. The second-order valence-electron chi connectivity index (χ2n) is 3.88. The fourth-order valence-electron chi connectivity index (χ4n) is 1.79. The van der Waals surface area contributed by atoms with Crippen LogP contribution in [0.4, 0.5) is 0 Å². The summed E-state index contributed by atoms with van der Waals surface area (Å²) < 4.78 is 2.95. The predicted molar refractivity (Wildman–Crippen MR) is 78.0 cm³/mol. The number of hydrogen-bond donors (Lipinski definition) is 0. The van der Waals surface area contributed by atoms with E-state index in [4.69, 9.17) is 23.2 Å². The number of aromatic nitrogens is 3. The molecule has 1 aromatic carbocycles. The minimum Gasteiger partial charge on any atom is -0.310 e. The fraction of sp³-hybridized carbons (Fsp3) is 0.333. The zero-order chi connectivity index (χ0) is 13.1. The third kappa shape index (κ3) is 2.87. The first kappa shape index (κ1) is 13.8. The topological polar surface area (TPSA) is 30.7 Å². The monoisotopic (exact) mass is 347 g/mol. The van der Waals surface area contributed by atoms with Crippen molar-refractivity contribution in [1.29, 1.82) is 0 Å². The number of alkyl halides is 1. The molecule has 18 heavy (non-hydrogen) atoms. The molecule has 0 fully saturated rings. The average Bonchev–Trinajstić information content (AvgIpc) is 2.71. The van der Waals surface area contributed by atoms with E-state index in [0.717, 1.165) is 34.7 Å². The molecule has 1 heterocycles. The molecule has 2 rings (SSSR count). The lowest BCUT2D eigenvalue weighted by Gasteiger charge is -2.08.